The summed E-state index contributed by atoms with van der Waals surface area (Å²) in [4.78, 5) is 0. The van der Waals surface area contributed by atoms with Gasteiger partial charge in [0.05, 0.1) is 17.1 Å². The highest BCUT2D eigenvalue weighted by Crippen LogP contribution is 2.21. The van der Waals surface area contributed by atoms with Crippen LogP contribution in [0.5, 0.6) is 0 Å². The van der Waals surface area contributed by atoms with E-state index in [2.05, 4.69) is 10.4 Å². The number of nitrogens with zero attached hydrogens (tertiary/aromatic N) is 2. The Bertz CT molecular complexity index is 578. The van der Waals surface area contributed by atoms with Gasteiger partial charge in [-0.05, 0) is 26.0 Å². The van der Waals surface area contributed by atoms with E-state index in [0.29, 0.717) is 17.1 Å². The lowest BCUT2D eigenvalue weighted by Crippen LogP contribution is -2.03. The number of aromatic nitrogens is 2. The smallest absolute Gasteiger partial charge is 0.129 e. The molecule has 1 aromatic heterocycles. The molecule has 0 radical (unpaired) electrons. The lowest BCUT2D eigenvalue weighted by atomic mass is 10.2. The van der Waals surface area contributed by atoms with Crippen molar-refractivity contribution in [2.75, 3.05) is 5.32 Å². The lowest BCUT2D eigenvalue weighted by Gasteiger charge is -2.08. The van der Waals surface area contributed by atoms with E-state index in [4.69, 9.17) is 11.6 Å². The molecule has 0 bridgehead atoms. The van der Waals surface area contributed by atoms with Crippen LogP contribution in [0.15, 0.2) is 18.2 Å². The fourth-order valence-electron chi connectivity index (χ4n) is 1.88. The molecule has 0 atom stereocenters. The molecule has 1 heterocycles. The molecular weight excluding hydrogens is 253 g/mol. The van der Waals surface area contributed by atoms with Gasteiger partial charge in [0.2, 0.25) is 0 Å². The molecule has 0 fully saturated rings. The Morgan fingerprint density at radius 3 is 2.67 bits per heavy atom. The van der Waals surface area contributed by atoms with Gasteiger partial charge >= 0.3 is 0 Å². The molecule has 5 heteroatoms. The van der Waals surface area contributed by atoms with Crippen LogP contribution in [0.2, 0.25) is 5.02 Å². The van der Waals surface area contributed by atoms with Crippen molar-refractivity contribution in [1.82, 2.24) is 9.78 Å². The number of rotatable bonds is 3. The molecule has 2 rings (SSSR count). The van der Waals surface area contributed by atoms with Crippen LogP contribution in [0.1, 0.15) is 17.0 Å². The molecule has 3 nitrogen and oxygen atoms in total. The maximum Gasteiger partial charge on any atom is 0.129 e. The van der Waals surface area contributed by atoms with E-state index in [0.717, 1.165) is 17.1 Å². The summed E-state index contributed by atoms with van der Waals surface area (Å²) in [5.41, 5.74) is 3.47. The molecule has 1 N–H and O–H groups in total. The predicted octanol–water partition coefficient (Wildman–Crippen LogP) is 3.44. The Balaban J connectivity index is 2.16. The van der Waals surface area contributed by atoms with E-state index in [1.165, 1.54) is 6.07 Å². The molecule has 0 aliphatic rings. The number of aryl methyl sites for hydroxylation is 2. The van der Waals surface area contributed by atoms with Crippen LogP contribution in [0.4, 0.5) is 10.1 Å². The van der Waals surface area contributed by atoms with Crippen LogP contribution in [-0.2, 0) is 13.6 Å². The van der Waals surface area contributed by atoms with Crippen LogP contribution in [0.25, 0.3) is 0 Å². The van der Waals surface area contributed by atoms with Gasteiger partial charge in [-0.3, -0.25) is 4.68 Å². The van der Waals surface area contributed by atoms with Gasteiger partial charge in [-0.25, -0.2) is 4.39 Å². The zero-order chi connectivity index (χ0) is 13.3. The van der Waals surface area contributed by atoms with Crippen LogP contribution >= 0.6 is 11.6 Å². The summed E-state index contributed by atoms with van der Waals surface area (Å²) in [5, 5.41) is 7.92. The molecule has 0 aliphatic carbocycles. The second-order valence-electron chi connectivity index (χ2n) is 4.26. The van der Waals surface area contributed by atoms with Crippen molar-refractivity contribution < 1.29 is 4.39 Å². The minimum atomic E-state index is -0.297. The molecule has 1 aromatic carbocycles. The van der Waals surface area contributed by atoms with Crippen molar-refractivity contribution in [1.29, 1.82) is 0 Å². The molecular formula is C13H15ClFN3. The van der Waals surface area contributed by atoms with Crippen molar-refractivity contribution in [3.05, 3.63) is 46.0 Å². The fraction of sp³-hybridized carbons (Fsp3) is 0.308. The molecule has 96 valence electrons. The van der Waals surface area contributed by atoms with Crippen molar-refractivity contribution in [3.63, 3.8) is 0 Å². The molecule has 18 heavy (non-hydrogen) atoms. The zero-order valence-electron chi connectivity index (χ0n) is 10.6. The van der Waals surface area contributed by atoms with Gasteiger partial charge in [-0.15, -0.1) is 0 Å². The van der Waals surface area contributed by atoms with Crippen LogP contribution in [0.3, 0.4) is 0 Å². The van der Waals surface area contributed by atoms with E-state index < -0.39 is 0 Å². The number of anilines is 1. The number of halogens is 2. The van der Waals surface area contributed by atoms with E-state index in [-0.39, 0.29) is 5.82 Å². The minimum absolute atomic E-state index is 0.297. The Hall–Kier alpha value is -1.55. The summed E-state index contributed by atoms with van der Waals surface area (Å²) >= 11 is 5.71. The monoisotopic (exact) mass is 267 g/mol. The van der Waals surface area contributed by atoms with Crippen molar-refractivity contribution in [3.8, 4) is 0 Å². The number of hydrogen-bond donors (Lipinski definition) is 1. The molecule has 2 aromatic rings. The Kier molecular flexibility index (Phi) is 3.57. The number of benzene rings is 1. The van der Waals surface area contributed by atoms with E-state index >= 15 is 0 Å². The molecule has 0 saturated heterocycles. The summed E-state index contributed by atoms with van der Waals surface area (Å²) in [6.45, 7) is 4.31. The van der Waals surface area contributed by atoms with Crippen molar-refractivity contribution in [2.45, 2.75) is 20.4 Å². The van der Waals surface area contributed by atoms with Gasteiger partial charge in [0.15, 0.2) is 0 Å². The van der Waals surface area contributed by atoms with E-state index in [1.54, 1.807) is 16.8 Å². The van der Waals surface area contributed by atoms with Gasteiger partial charge in [0.25, 0.3) is 0 Å². The number of nitrogens with one attached hydrogen (secondary N) is 1. The third kappa shape index (κ3) is 2.48. The Morgan fingerprint density at radius 1 is 1.39 bits per heavy atom. The summed E-state index contributed by atoms with van der Waals surface area (Å²) in [6, 6.07) is 4.69. The van der Waals surface area contributed by atoms with E-state index in [1.807, 2.05) is 20.9 Å². The highest BCUT2D eigenvalue weighted by Gasteiger charge is 2.10. The second-order valence-corrected chi connectivity index (χ2v) is 4.70. The first-order valence-corrected chi connectivity index (χ1v) is 6.05. The highest BCUT2D eigenvalue weighted by molar-refractivity contribution is 6.30. The van der Waals surface area contributed by atoms with Crippen LogP contribution < -0.4 is 5.32 Å². The SMILES string of the molecule is Cc1nn(C)c(C)c1NCc1ccc(Cl)cc1F. The normalized spacial score (nSPS) is 10.7. The third-order valence-corrected chi connectivity index (χ3v) is 3.21. The Morgan fingerprint density at radius 2 is 2.11 bits per heavy atom. The maximum absolute atomic E-state index is 13.6. The topological polar surface area (TPSA) is 29.9 Å². The average Bonchev–Trinajstić information content (AvgIpc) is 2.53. The highest BCUT2D eigenvalue weighted by atomic mass is 35.5. The van der Waals surface area contributed by atoms with E-state index in [9.17, 15) is 4.39 Å². The largest absolute Gasteiger partial charge is 0.378 e. The minimum Gasteiger partial charge on any atom is -0.378 e. The van der Waals surface area contributed by atoms with Crippen LogP contribution in [-0.4, -0.2) is 9.78 Å². The van der Waals surface area contributed by atoms with Crippen molar-refractivity contribution >= 4 is 17.3 Å². The van der Waals surface area contributed by atoms with Gasteiger partial charge in [-0.1, -0.05) is 17.7 Å². The van der Waals surface area contributed by atoms with Gasteiger partial charge in [-0.2, -0.15) is 5.10 Å². The second kappa shape index (κ2) is 4.98. The van der Waals surface area contributed by atoms with Crippen molar-refractivity contribution in [2.24, 2.45) is 7.05 Å². The van der Waals surface area contributed by atoms with Crippen LogP contribution in [0, 0.1) is 19.7 Å². The first-order valence-electron chi connectivity index (χ1n) is 5.67. The average molecular weight is 268 g/mol. The Labute approximate surface area is 111 Å². The van der Waals surface area contributed by atoms with Gasteiger partial charge < -0.3 is 5.32 Å². The molecule has 0 saturated carbocycles. The first-order chi connectivity index (χ1) is 8.49. The number of hydrogen-bond acceptors (Lipinski definition) is 2. The summed E-state index contributed by atoms with van der Waals surface area (Å²) in [5.74, 6) is -0.297. The molecule has 0 aliphatic heterocycles. The van der Waals surface area contributed by atoms with Gasteiger partial charge in [0, 0.05) is 24.2 Å². The summed E-state index contributed by atoms with van der Waals surface area (Å²) < 4.78 is 15.4. The first kappa shape index (κ1) is 12.9. The fourth-order valence-corrected chi connectivity index (χ4v) is 2.04. The standard InChI is InChI=1S/C13H15ClFN3/c1-8-13(9(2)18(3)17-8)16-7-10-4-5-11(14)6-12(10)15/h4-6,16H,7H2,1-3H3. The maximum atomic E-state index is 13.6. The summed E-state index contributed by atoms with van der Waals surface area (Å²) in [6.07, 6.45) is 0. The zero-order valence-corrected chi connectivity index (χ0v) is 11.3. The quantitative estimate of drug-likeness (QED) is 0.923. The summed E-state index contributed by atoms with van der Waals surface area (Å²) in [7, 11) is 1.89. The molecule has 0 unspecified atom stereocenters. The predicted molar refractivity (Wildman–Crippen MR) is 71.4 cm³/mol. The molecule has 0 spiro atoms. The van der Waals surface area contributed by atoms with Gasteiger partial charge in [0.1, 0.15) is 5.82 Å². The lowest BCUT2D eigenvalue weighted by molar-refractivity contribution is 0.613. The molecule has 0 amide bonds. The third-order valence-electron chi connectivity index (χ3n) is 2.98.